The summed E-state index contributed by atoms with van der Waals surface area (Å²) in [5.41, 5.74) is 1.86. The lowest BCUT2D eigenvalue weighted by molar-refractivity contribution is 0.0599. The van der Waals surface area contributed by atoms with Crippen LogP contribution >= 0.6 is 27.7 Å². The molecule has 0 N–H and O–H groups in total. The van der Waals surface area contributed by atoms with Crippen LogP contribution in [0.2, 0.25) is 0 Å². The zero-order valence-corrected chi connectivity index (χ0v) is 13.8. The molecule has 2 aromatic rings. The van der Waals surface area contributed by atoms with Crippen LogP contribution in [-0.2, 0) is 11.2 Å². The van der Waals surface area contributed by atoms with Gasteiger partial charge in [0.15, 0.2) is 0 Å². The van der Waals surface area contributed by atoms with E-state index >= 15 is 0 Å². The first-order valence-corrected chi connectivity index (χ1v) is 7.89. The Kier molecular flexibility index (Phi) is 5.26. The van der Waals surface area contributed by atoms with Crippen LogP contribution in [0.1, 0.15) is 22.8 Å². The first kappa shape index (κ1) is 15.1. The van der Waals surface area contributed by atoms with Gasteiger partial charge in [0.05, 0.1) is 12.7 Å². The highest BCUT2D eigenvalue weighted by molar-refractivity contribution is 9.10. The third kappa shape index (κ3) is 3.64. The number of aryl methyl sites for hydroxylation is 1. The number of carbonyl (C=O) groups excluding carboxylic acids is 1. The largest absolute Gasteiger partial charge is 0.465 e. The summed E-state index contributed by atoms with van der Waals surface area (Å²) in [7, 11) is 1.39. The average molecular weight is 351 g/mol. The second-order valence-corrected chi connectivity index (χ2v) is 6.23. The monoisotopic (exact) mass is 350 g/mol. The molecule has 0 atom stereocenters. The first-order valence-electron chi connectivity index (χ1n) is 6.28. The number of methoxy groups -OCH3 is 1. The minimum atomic E-state index is -0.333. The predicted molar refractivity (Wildman–Crippen MR) is 85.4 cm³/mol. The number of halogens is 1. The van der Waals surface area contributed by atoms with Gasteiger partial charge >= 0.3 is 5.97 Å². The molecular weight excluding hydrogens is 336 g/mol. The van der Waals surface area contributed by atoms with Gasteiger partial charge in [-0.05, 0) is 58.2 Å². The van der Waals surface area contributed by atoms with E-state index in [9.17, 15) is 4.79 Å². The molecule has 0 spiro atoms. The Morgan fingerprint density at radius 2 is 1.80 bits per heavy atom. The van der Waals surface area contributed by atoms with Crippen LogP contribution < -0.4 is 0 Å². The molecule has 2 nitrogen and oxygen atoms in total. The molecule has 0 saturated heterocycles. The maximum Gasteiger partial charge on any atom is 0.339 e. The van der Waals surface area contributed by atoms with E-state index in [1.54, 1.807) is 11.8 Å². The quantitative estimate of drug-likeness (QED) is 0.729. The van der Waals surface area contributed by atoms with Gasteiger partial charge in [-0.1, -0.05) is 30.8 Å². The lowest BCUT2D eigenvalue weighted by Gasteiger charge is -2.07. The summed E-state index contributed by atoms with van der Waals surface area (Å²) in [4.78, 5) is 13.8. The Bertz CT molecular complexity index is 608. The zero-order chi connectivity index (χ0) is 14.5. The topological polar surface area (TPSA) is 26.3 Å². The molecule has 0 aliphatic carbocycles. The maximum absolute atomic E-state index is 11.7. The molecule has 0 amide bonds. The Labute approximate surface area is 131 Å². The molecule has 2 aromatic carbocycles. The molecule has 0 saturated carbocycles. The van der Waals surface area contributed by atoms with Crippen LogP contribution in [0.3, 0.4) is 0 Å². The van der Waals surface area contributed by atoms with Crippen molar-refractivity contribution in [3.05, 3.63) is 58.1 Å². The van der Waals surface area contributed by atoms with E-state index in [4.69, 9.17) is 4.74 Å². The molecule has 0 aliphatic rings. The zero-order valence-electron chi connectivity index (χ0n) is 11.4. The van der Waals surface area contributed by atoms with Crippen LogP contribution in [0.25, 0.3) is 0 Å². The van der Waals surface area contributed by atoms with Gasteiger partial charge in [0.25, 0.3) is 0 Å². The Hall–Kier alpha value is -1.26. The van der Waals surface area contributed by atoms with Crippen molar-refractivity contribution in [1.29, 1.82) is 0 Å². The Balaban J connectivity index is 2.22. The number of hydrogen-bond donors (Lipinski definition) is 0. The van der Waals surface area contributed by atoms with Gasteiger partial charge in [0.2, 0.25) is 0 Å². The molecule has 0 fully saturated rings. The fourth-order valence-electron chi connectivity index (χ4n) is 1.76. The highest BCUT2D eigenvalue weighted by Crippen LogP contribution is 2.31. The van der Waals surface area contributed by atoms with E-state index in [-0.39, 0.29) is 5.97 Å². The number of carbonyl (C=O) groups is 1. The van der Waals surface area contributed by atoms with Crippen LogP contribution in [0.4, 0.5) is 0 Å². The number of rotatable bonds is 4. The van der Waals surface area contributed by atoms with Crippen molar-refractivity contribution < 1.29 is 9.53 Å². The van der Waals surface area contributed by atoms with Crippen molar-refractivity contribution >= 4 is 33.7 Å². The standard InChI is InChI=1S/C16H15BrO2S/c1-3-11-4-6-12(7-5-11)20-13-8-9-15(17)14(10-13)16(18)19-2/h4-10H,3H2,1-2H3. The summed E-state index contributed by atoms with van der Waals surface area (Å²) in [6.07, 6.45) is 1.04. The average Bonchev–Trinajstić information content (AvgIpc) is 2.49. The first-order chi connectivity index (χ1) is 9.63. The summed E-state index contributed by atoms with van der Waals surface area (Å²) >= 11 is 5.00. The molecule has 4 heteroatoms. The van der Waals surface area contributed by atoms with Gasteiger partial charge < -0.3 is 4.74 Å². The van der Waals surface area contributed by atoms with E-state index < -0.39 is 0 Å². The summed E-state index contributed by atoms with van der Waals surface area (Å²) in [6, 6.07) is 14.1. The third-order valence-corrected chi connectivity index (χ3v) is 4.60. The van der Waals surface area contributed by atoms with E-state index in [2.05, 4.69) is 47.1 Å². The normalized spacial score (nSPS) is 10.3. The summed E-state index contributed by atoms with van der Waals surface area (Å²) in [5, 5.41) is 0. The fourth-order valence-corrected chi connectivity index (χ4v) is 3.03. The van der Waals surface area contributed by atoms with Gasteiger partial charge in [-0.3, -0.25) is 0 Å². The van der Waals surface area contributed by atoms with Gasteiger partial charge in [0.1, 0.15) is 0 Å². The smallest absolute Gasteiger partial charge is 0.339 e. The molecule has 0 aliphatic heterocycles. The molecule has 20 heavy (non-hydrogen) atoms. The number of esters is 1. The highest BCUT2D eigenvalue weighted by atomic mass is 79.9. The number of ether oxygens (including phenoxy) is 1. The van der Waals surface area contributed by atoms with Crippen LogP contribution in [-0.4, -0.2) is 13.1 Å². The molecule has 0 aromatic heterocycles. The van der Waals surface area contributed by atoms with Crippen molar-refractivity contribution in [1.82, 2.24) is 0 Å². The minimum Gasteiger partial charge on any atom is -0.465 e. The summed E-state index contributed by atoms with van der Waals surface area (Å²) < 4.78 is 5.52. The number of benzene rings is 2. The third-order valence-electron chi connectivity index (χ3n) is 2.91. The van der Waals surface area contributed by atoms with Crippen LogP contribution in [0, 0.1) is 0 Å². The number of hydrogen-bond acceptors (Lipinski definition) is 3. The van der Waals surface area contributed by atoms with E-state index in [1.165, 1.54) is 12.7 Å². The molecule has 0 unspecified atom stereocenters. The lowest BCUT2D eigenvalue weighted by Crippen LogP contribution is -2.02. The van der Waals surface area contributed by atoms with Crippen molar-refractivity contribution in [2.24, 2.45) is 0 Å². The fraction of sp³-hybridized carbons (Fsp3) is 0.188. The van der Waals surface area contributed by atoms with Crippen molar-refractivity contribution in [2.45, 2.75) is 23.1 Å². The van der Waals surface area contributed by atoms with Crippen LogP contribution in [0.15, 0.2) is 56.7 Å². The Morgan fingerprint density at radius 3 is 2.40 bits per heavy atom. The molecule has 104 valence electrons. The molecule has 0 bridgehead atoms. The lowest BCUT2D eigenvalue weighted by atomic mass is 10.2. The van der Waals surface area contributed by atoms with E-state index in [1.807, 2.05) is 18.2 Å². The Morgan fingerprint density at radius 1 is 1.15 bits per heavy atom. The van der Waals surface area contributed by atoms with E-state index in [0.717, 1.165) is 20.7 Å². The second kappa shape index (κ2) is 6.95. The summed E-state index contributed by atoms with van der Waals surface area (Å²) in [5.74, 6) is -0.333. The maximum atomic E-state index is 11.7. The minimum absolute atomic E-state index is 0.333. The molecule has 0 heterocycles. The molecule has 2 rings (SSSR count). The second-order valence-electron chi connectivity index (χ2n) is 4.23. The van der Waals surface area contributed by atoms with Gasteiger partial charge in [-0.15, -0.1) is 0 Å². The van der Waals surface area contributed by atoms with E-state index in [0.29, 0.717) is 5.56 Å². The molecule has 0 radical (unpaired) electrons. The van der Waals surface area contributed by atoms with Crippen LogP contribution in [0.5, 0.6) is 0 Å². The van der Waals surface area contributed by atoms with Gasteiger partial charge in [0, 0.05) is 14.3 Å². The SMILES string of the molecule is CCc1ccc(Sc2ccc(Br)c(C(=O)OC)c2)cc1. The van der Waals surface area contributed by atoms with Crippen molar-refractivity contribution in [3.8, 4) is 0 Å². The molecular formula is C16H15BrO2S. The highest BCUT2D eigenvalue weighted by Gasteiger charge is 2.11. The van der Waals surface area contributed by atoms with Gasteiger partial charge in [-0.2, -0.15) is 0 Å². The van der Waals surface area contributed by atoms with Crippen molar-refractivity contribution in [2.75, 3.05) is 7.11 Å². The van der Waals surface area contributed by atoms with Crippen molar-refractivity contribution in [3.63, 3.8) is 0 Å². The van der Waals surface area contributed by atoms with Gasteiger partial charge in [-0.25, -0.2) is 4.79 Å². The predicted octanol–water partition coefficient (Wildman–Crippen LogP) is 4.95. The summed E-state index contributed by atoms with van der Waals surface area (Å²) in [6.45, 7) is 2.14.